The third kappa shape index (κ3) is 3.09. The first kappa shape index (κ1) is 15.0. The Balaban J connectivity index is 1.55. The van der Waals surface area contributed by atoms with Gasteiger partial charge in [-0.15, -0.1) is 10.2 Å². The third-order valence-corrected chi connectivity index (χ3v) is 3.81. The summed E-state index contributed by atoms with van der Waals surface area (Å²) in [6.07, 6.45) is 1.69. The van der Waals surface area contributed by atoms with Crippen molar-refractivity contribution in [3.8, 4) is 11.4 Å². The smallest absolute Gasteiger partial charge is 0.248 e. The number of tetrazole rings is 1. The van der Waals surface area contributed by atoms with Crippen molar-refractivity contribution in [1.82, 2.24) is 35.0 Å². The lowest BCUT2D eigenvalue weighted by Gasteiger charge is -2.09. The van der Waals surface area contributed by atoms with Gasteiger partial charge in [0, 0.05) is 5.69 Å². The van der Waals surface area contributed by atoms with E-state index in [1.807, 2.05) is 66.1 Å². The number of para-hydroxylation sites is 1. The van der Waals surface area contributed by atoms with Gasteiger partial charge in [0.05, 0.1) is 12.2 Å². The Morgan fingerprint density at radius 1 is 0.920 bits per heavy atom. The fraction of sp³-hybridized carbons (Fsp3) is 0.118. The second kappa shape index (κ2) is 6.52. The van der Waals surface area contributed by atoms with Crippen molar-refractivity contribution in [3.63, 3.8) is 0 Å². The molecule has 0 saturated carbocycles. The lowest BCUT2D eigenvalue weighted by Crippen LogP contribution is -2.11. The summed E-state index contributed by atoms with van der Waals surface area (Å²) in [6, 6.07) is 17.9. The summed E-state index contributed by atoms with van der Waals surface area (Å²) >= 11 is 0. The minimum atomic E-state index is 0.446. The zero-order valence-electron chi connectivity index (χ0n) is 13.6. The topological polar surface area (TPSA) is 86.3 Å². The van der Waals surface area contributed by atoms with Crippen molar-refractivity contribution in [1.29, 1.82) is 0 Å². The molecule has 0 aliphatic carbocycles. The number of hydrogen-bond acceptors (Lipinski definition) is 6. The van der Waals surface area contributed by atoms with Crippen molar-refractivity contribution in [2.45, 2.75) is 13.5 Å². The summed E-state index contributed by atoms with van der Waals surface area (Å²) in [6.45, 7) is 2.49. The van der Waals surface area contributed by atoms with Gasteiger partial charge in [-0.3, -0.25) is 4.57 Å². The van der Waals surface area contributed by atoms with Crippen LogP contribution in [-0.4, -0.2) is 35.0 Å². The van der Waals surface area contributed by atoms with Crippen molar-refractivity contribution >= 4 is 5.95 Å². The number of rotatable bonds is 5. The van der Waals surface area contributed by atoms with Crippen LogP contribution in [0.15, 0.2) is 60.9 Å². The van der Waals surface area contributed by atoms with E-state index in [1.165, 1.54) is 5.56 Å². The molecule has 2 heterocycles. The van der Waals surface area contributed by atoms with Gasteiger partial charge in [0.1, 0.15) is 6.33 Å². The average molecular weight is 332 g/mol. The van der Waals surface area contributed by atoms with Crippen LogP contribution in [0.25, 0.3) is 11.4 Å². The summed E-state index contributed by atoms with van der Waals surface area (Å²) in [5.41, 5.74) is 3.08. The van der Waals surface area contributed by atoms with E-state index in [0.29, 0.717) is 12.5 Å². The highest BCUT2D eigenvalue weighted by atomic mass is 15.6. The van der Waals surface area contributed by atoms with Crippen LogP contribution in [-0.2, 0) is 6.54 Å². The van der Waals surface area contributed by atoms with Crippen molar-refractivity contribution in [2.75, 3.05) is 5.32 Å². The summed E-state index contributed by atoms with van der Waals surface area (Å²) in [5, 5.41) is 23.3. The van der Waals surface area contributed by atoms with E-state index in [-0.39, 0.29) is 0 Å². The fourth-order valence-corrected chi connectivity index (χ4v) is 2.50. The molecule has 8 heteroatoms. The minimum absolute atomic E-state index is 0.446. The molecule has 25 heavy (non-hydrogen) atoms. The van der Waals surface area contributed by atoms with Crippen molar-refractivity contribution < 1.29 is 0 Å². The quantitative estimate of drug-likeness (QED) is 0.603. The van der Waals surface area contributed by atoms with Gasteiger partial charge < -0.3 is 5.32 Å². The number of anilines is 1. The molecular formula is C17H16N8. The molecule has 4 aromatic rings. The van der Waals surface area contributed by atoms with Crippen LogP contribution in [0.3, 0.4) is 0 Å². The predicted molar refractivity (Wildman–Crippen MR) is 92.6 cm³/mol. The Hall–Kier alpha value is -3.55. The van der Waals surface area contributed by atoms with E-state index in [2.05, 4.69) is 31.0 Å². The average Bonchev–Trinajstić information content (AvgIpc) is 3.30. The molecule has 0 atom stereocenters. The molecule has 0 saturated heterocycles. The Kier molecular flexibility index (Phi) is 3.91. The molecule has 1 N–H and O–H groups in total. The molecule has 0 spiro atoms. The molecule has 4 rings (SSSR count). The van der Waals surface area contributed by atoms with Crippen LogP contribution in [0, 0.1) is 6.92 Å². The van der Waals surface area contributed by atoms with Gasteiger partial charge in [-0.1, -0.05) is 41.0 Å². The third-order valence-electron chi connectivity index (χ3n) is 3.81. The number of aromatic nitrogens is 7. The number of hydrogen-bond donors (Lipinski definition) is 1. The summed E-state index contributed by atoms with van der Waals surface area (Å²) in [7, 11) is 0. The molecule has 8 nitrogen and oxygen atoms in total. The van der Waals surface area contributed by atoms with E-state index in [0.717, 1.165) is 17.2 Å². The maximum atomic E-state index is 4.18. The van der Waals surface area contributed by atoms with E-state index >= 15 is 0 Å². The number of benzene rings is 2. The Morgan fingerprint density at radius 2 is 1.72 bits per heavy atom. The standard InChI is InChI=1S/C17H16N8/c1-13-7-9-15(10-8-13)25-17(21-22-23-25)18-11-16-20-19-12-24(16)14-5-3-2-4-6-14/h2-10,12H,11H2,1H3,(H,18,21,23). The van der Waals surface area contributed by atoms with Gasteiger partial charge in [-0.2, -0.15) is 4.68 Å². The van der Waals surface area contributed by atoms with E-state index in [1.54, 1.807) is 11.0 Å². The summed E-state index contributed by atoms with van der Waals surface area (Å²) < 4.78 is 3.58. The van der Waals surface area contributed by atoms with E-state index < -0.39 is 0 Å². The number of nitrogens with one attached hydrogen (secondary N) is 1. The SMILES string of the molecule is Cc1ccc(-n2nnnc2NCc2nncn2-c2ccccc2)cc1. The van der Waals surface area contributed by atoms with Crippen molar-refractivity contribution in [2.24, 2.45) is 0 Å². The Labute approximate surface area is 144 Å². The molecule has 124 valence electrons. The van der Waals surface area contributed by atoms with Crippen molar-refractivity contribution in [3.05, 3.63) is 72.3 Å². The molecule has 0 radical (unpaired) electrons. The molecule has 0 aliphatic heterocycles. The number of nitrogens with zero attached hydrogens (tertiary/aromatic N) is 7. The monoisotopic (exact) mass is 332 g/mol. The zero-order chi connectivity index (χ0) is 17.1. The highest BCUT2D eigenvalue weighted by Gasteiger charge is 2.11. The highest BCUT2D eigenvalue weighted by Crippen LogP contribution is 2.14. The predicted octanol–water partition coefficient (Wildman–Crippen LogP) is 2.16. The first-order valence-electron chi connectivity index (χ1n) is 7.85. The molecule has 0 fully saturated rings. The molecule has 0 amide bonds. The lowest BCUT2D eigenvalue weighted by molar-refractivity contribution is 0.786. The Bertz CT molecular complexity index is 956. The largest absolute Gasteiger partial charge is 0.345 e. The molecular weight excluding hydrogens is 316 g/mol. The van der Waals surface area contributed by atoms with Crippen LogP contribution in [0.5, 0.6) is 0 Å². The summed E-state index contributed by atoms with van der Waals surface area (Å²) in [4.78, 5) is 0. The van der Waals surface area contributed by atoms with Gasteiger partial charge in [0.25, 0.3) is 0 Å². The van der Waals surface area contributed by atoms with Gasteiger partial charge in [-0.05, 0) is 41.6 Å². The van der Waals surface area contributed by atoms with Gasteiger partial charge in [0.2, 0.25) is 5.95 Å². The maximum absolute atomic E-state index is 4.18. The molecule has 0 bridgehead atoms. The van der Waals surface area contributed by atoms with E-state index in [9.17, 15) is 0 Å². The summed E-state index contributed by atoms with van der Waals surface area (Å²) in [5.74, 6) is 1.32. The van der Waals surface area contributed by atoms with Crippen LogP contribution < -0.4 is 5.32 Å². The molecule has 0 unspecified atom stereocenters. The van der Waals surface area contributed by atoms with Gasteiger partial charge >= 0.3 is 0 Å². The van der Waals surface area contributed by atoms with Crippen LogP contribution in [0.4, 0.5) is 5.95 Å². The van der Waals surface area contributed by atoms with Crippen LogP contribution >= 0.6 is 0 Å². The minimum Gasteiger partial charge on any atom is -0.345 e. The highest BCUT2D eigenvalue weighted by molar-refractivity contribution is 5.40. The normalized spacial score (nSPS) is 10.8. The fourth-order valence-electron chi connectivity index (χ4n) is 2.50. The lowest BCUT2D eigenvalue weighted by atomic mass is 10.2. The zero-order valence-corrected chi connectivity index (χ0v) is 13.6. The molecule has 0 aliphatic rings. The second-order valence-electron chi connectivity index (χ2n) is 5.56. The first-order valence-corrected chi connectivity index (χ1v) is 7.85. The second-order valence-corrected chi connectivity index (χ2v) is 5.56. The van der Waals surface area contributed by atoms with Gasteiger partial charge in [0.15, 0.2) is 5.82 Å². The number of aryl methyl sites for hydroxylation is 1. The molecule has 2 aromatic carbocycles. The van der Waals surface area contributed by atoms with E-state index in [4.69, 9.17) is 0 Å². The van der Waals surface area contributed by atoms with Crippen LogP contribution in [0.2, 0.25) is 0 Å². The first-order chi connectivity index (χ1) is 12.3. The Morgan fingerprint density at radius 3 is 2.52 bits per heavy atom. The molecule has 2 aromatic heterocycles. The van der Waals surface area contributed by atoms with Crippen LogP contribution in [0.1, 0.15) is 11.4 Å². The maximum Gasteiger partial charge on any atom is 0.248 e. The van der Waals surface area contributed by atoms with Gasteiger partial charge in [-0.25, -0.2) is 0 Å².